The molecule has 1 heterocycles. The van der Waals surface area contributed by atoms with Crippen LogP contribution in [-0.2, 0) is 5.60 Å². The second kappa shape index (κ2) is 4.74. The van der Waals surface area contributed by atoms with E-state index in [4.69, 9.17) is 5.73 Å². The van der Waals surface area contributed by atoms with Crippen LogP contribution >= 0.6 is 0 Å². The Morgan fingerprint density at radius 1 is 1.09 bits per heavy atom. The molecule has 0 aromatic heterocycles. The Kier molecular flexibility index (Phi) is 3.10. The molecule has 0 spiro atoms. The molecule has 22 heavy (non-hydrogen) atoms. The molecule has 0 amide bonds. The number of aliphatic imine (C=N–C) groups is 1. The third-order valence-corrected chi connectivity index (χ3v) is 3.39. The summed E-state index contributed by atoms with van der Waals surface area (Å²) in [5.74, 6) is -0.539. The molecule has 4 nitrogen and oxygen atoms in total. The van der Waals surface area contributed by atoms with Gasteiger partial charge in [-0.25, -0.2) is 4.99 Å². The van der Waals surface area contributed by atoms with Gasteiger partial charge in [-0.05, 0) is 23.8 Å². The van der Waals surface area contributed by atoms with Gasteiger partial charge in [-0.1, -0.05) is 30.3 Å². The fourth-order valence-corrected chi connectivity index (χ4v) is 2.43. The van der Waals surface area contributed by atoms with E-state index >= 15 is 0 Å². The number of halogens is 3. The average Bonchev–Trinajstić information content (AvgIpc) is 2.71. The lowest BCUT2D eigenvalue weighted by Gasteiger charge is -2.25. The fourth-order valence-electron chi connectivity index (χ4n) is 2.43. The standard InChI is InChI=1S/C15H11F3N2O2/c16-15(17,18)22-10-6-7-12-11(8-10)14(21,13(19)20-12)9-4-2-1-3-5-9/h1-8,21H,(H2,19,20). The second-order valence-corrected chi connectivity index (χ2v) is 4.80. The molecule has 1 aliphatic rings. The molecule has 0 fully saturated rings. The SMILES string of the molecule is NC1=Nc2ccc(OC(F)(F)F)cc2C1(O)c1ccccc1. The number of aliphatic hydroxyl groups is 1. The highest BCUT2D eigenvalue weighted by atomic mass is 19.4. The molecular formula is C15H11F3N2O2. The van der Waals surface area contributed by atoms with Crippen molar-refractivity contribution in [3.05, 3.63) is 59.7 Å². The molecule has 1 aliphatic heterocycles. The van der Waals surface area contributed by atoms with Gasteiger partial charge in [-0.2, -0.15) is 0 Å². The monoisotopic (exact) mass is 308 g/mol. The molecule has 1 unspecified atom stereocenters. The Morgan fingerprint density at radius 3 is 2.41 bits per heavy atom. The first-order valence-corrected chi connectivity index (χ1v) is 6.33. The number of fused-ring (bicyclic) bond motifs is 1. The molecule has 0 aliphatic carbocycles. The molecule has 1 atom stereocenters. The molecule has 3 N–H and O–H groups in total. The van der Waals surface area contributed by atoms with E-state index in [1.54, 1.807) is 30.3 Å². The number of rotatable bonds is 2. The van der Waals surface area contributed by atoms with Crippen molar-refractivity contribution in [1.82, 2.24) is 0 Å². The van der Waals surface area contributed by atoms with E-state index in [0.29, 0.717) is 11.3 Å². The van der Waals surface area contributed by atoms with Crippen LogP contribution in [0, 0.1) is 0 Å². The topological polar surface area (TPSA) is 67.8 Å². The summed E-state index contributed by atoms with van der Waals surface area (Å²) in [6.45, 7) is 0. The van der Waals surface area contributed by atoms with Crippen LogP contribution in [0.1, 0.15) is 11.1 Å². The molecule has 114 valence electrons. The van der Waals surface area contributed by atoms with Gasteiger partial charge in [-0.15, -0.1) is 13.2 Å². The Hall–Kier alpha value is -2.54. The molecule has 2 aromatic rings. The Balaban J connectivity index is 2.10. The van der Waals surface area contributed by atoms with E-state index in [9.17, 15) is 18.3 Å². The summed E-state index contributed by atoms with van der Waals surface area (Å²) in [7, 11) is 0. The highest BCUT2D eigenvalue weighted by Gasteiger charge is 2.43. The molecule has 2 aromatic carbocycles. The summed E-state index contributed by atoms with van der Waals surface area (Å²) in [6, 6.07) is 11.9. The van der Waals surface area contributed by atoms with Crippen molar-refractivity contribution in [2.45, 2.75) is 12.0 Å². The lowest BCUT2D eigenvalue weighted by molar-refractivity contribution is -0.274. The maximum atomic E-state index is 12.3. The van der Waals surface area contributed by atoms with Gasteiger partial charge in [-0.3, -0.25) is 0 Å². The normalized spacial score (nSPS) is 20.5. The fraction of sp³-hybridized carbons (Fsp3) is 0.133. The molecule has 7 heteroatoms. The molecule has 0 radical (unpaired) electrons. The summed E-state index contributed by atoms with van der Waals surface area (Å²) in [5, 5.41) is 10.9. The zero-order valence-electron chi connectivity index (χ0n) is 11.1. The Labute approximate surface area is 123 Å². The van der Waals surface area contributed by atoms with Gasteiger partial charge < -0.3 is 15.6 Å². The quantitative estimate of drug-likeness (QED) is 0.896. The first kappa shape index (κ1) is 14.4. The number of nitrogens with zero attached hydrogens (tertiary/aromatic N) is 1. The maximum absolute atomic E-state index is 12.3. The zero-order chi connectivity index (χ0) is 16.0. The number of hydrogen-bond donors (Lipinski definition) is 2. The zero-order valence-corrected chi connectivity index (χ0v) is 11.1. The third-order valence-electron chi connectivity index (χ3n) is 3.39. The van der Waals surface area contributed by atoms with Crippen molar-refractivity contribution < 1.29 is 23.0 Å². The summed E-state index contributed by atoms with van der Waals surface area (Å²) >= 11 is 0. The smallest absolute Gasteiger partial charge is 0.406 e. The molecular weight excluding hydrogens is 297 g/mol. The van der Waals surface area contributed by atoms with Crippen LogP contribution in [0.15, 0.2) is 53.5 Å². The summed E-state index contributed by atoms with van der Waals surface area (Å²) in [6.07, 6.45) is -4.82. The minimum atomic E-state index is -4.82. The number of ether oxygens (including phenoxy) is 1. The van der Waals surface area contributed by atoms with Crippen LogP contribution in [0.4, 0.5) is 18.9 Å². The van der Waals surface area contributed by atoms with Crippen LogP contribution in [0.2, 0.25) is 0 Å². The molecule has 0 saturated carbocycles. The van der Waals surface area contributed by atoms with Gasteiger partial charge in [0.25, 0.3) is 0 Å². The van der Waals surface area contributed by atoms with Crippen LogP contribution < -0.4 is 10.5 Å². The number of hydrogen-bond acceptors (Lipinski definition) is 4. The van der Waals surface area contributed by atoms with Crippen LogP contribution in [0.3, 0.4) is 0 Å². The number of nitrogens with two attached hydrogens (primary N) is 1. The van der Waals surface area contributed by atoms with Crippen molar-refractivity contribution in [2.75, 3.05) is 0 Å². The summed E-state index contributed by atoms with van der Waals surface area (Å²) in [4.78, 5) is 4.03. The largest absolute Gasteiger partial charge is 0.573 e. The predicted octanol–water partition coefficient (Wildman–Crippen LogP) is 2.82. The summed E-state index contributed by atoms with van der Waals surface area (Å²) < 4.78 is 40.9. The lowest BCUT2D eigenvalue weighted by atomic mass is 9.86. The summed E-state index contributed by atoms with van der Waals surface area (Å²) in [5.41, 5.74) is 4.90. The first-order chi connectivity index (χ1) is 10.3. The first-order valence-electron chi connectivity index (χ1n) is 6.33. The highest BCUT2D eigenvalue weighted by molar-refractivity contribution is 6.00. The van der Waals surface area contributed by atoms with Crippen LogP contribution in [0.25, 0.3) is 0 Å². The number of benzene rings is 2. The van der Waals surface area contributed by atoms with Gasteiger partial charge in [0.15, 0.2) is 5.60 Å². The van der Waals surface area contributed by atoms with Crippen LogP contribution in [0.5, 0.6) is 5.75 Å². The van der Waals surface area contributed by atoms with E-state index in [0.717, 1.165) is 12.1 Å². The Bertz CT molecular complexity index is 744. The lowest BCUT2D eigenvalue weighted by Crippen LogP contribution is -2.39. The number of alkyl halides is 3. The average molecular weight is 308 g/mol. The van der Waals surface area contributed by atoms with E-state index in [2.05, 4.69) is 9.73 Å². The van der Waals surface area contributed by atoms with Gasteiger partial charge in [0, 0.05) is 5.56 Å². The molecule has 0 saturated heterocycles. The van der Waals surface area contributed by atoms with Crippen molar-refractivity contribution in [1.29, 1.82) is 0 Å². The van der Waals surface area contributed by atoms with E-state index in [-0.39, 0.29) is 11.4 Å². The number of amidine groups is 1. The van der Waals surface area contributed by atoms with E-state index in [1.807, 2.05) is 0 Å². The van der Waals surface area contributed by atoms with Crippen molar-refractivity contribution in [2.24, 2.45) is 10.7 Å². The van der Waals surface area contributed by atoms with Gasteiger partial charge in [0.1, 0.15) is 11.6 Å². The van der Waals surface area contributed by atoms with Gasteiger partial charge >= 0.3 is 6.36 Å². The third kappa shape index (κ3) is 2.29. The molecule has 3 rings (SSSR count). The van der Waals surface area contributed by atoms with E-state index in [1.165, 1.54) is 6.07 Å². The maximum Gasteiger partial charge on any atom is 0.573 e. The Morgan fingerprint density at radius 2 is 1.77 bits per heavy atom. The minimum absolute atomic E-state index is 0.0992. The van der Waals surface area contributed by atoms with Gasteiger partial charge in [0.05, 0.1) is 5.69 Å². The van der Waals surface area contributed by atoms with Crippen molar-refractivity contribution >= 4 is 11.5 Å². The van der Waals surface area contributed by atoms with E-state index < -0.39 is 17.7 Å². The van der Waals surface area contributed by atoms with Gasteiger partial charge in [0.2, 0.25) is 0 Å². The second-order valence-electron chi connectivity index (χ2n) is 4.80. The van der Waals surface area contributed by atoms with Crippen molar-refractivity contribution in [3.63, 3.8) is 0 Å². The highest BCUT2D eigenvalue weighted by Crippen LogP contribution is 2.43. The minimum Gasteiger partial charge on any atom is -0.406 e. The predicted molar refractivity (Wildman–Crippen MR) is 73.8 cm³/mol. The van der Waals surface area contributed by atoms with Crippen LogP contribution in [-0.4, -0.2) is 17.3 Å². The molecule has 0 bridgehead atoms. The van der Waals surface area contributed by atoms with Crippen molar-refractivity contribution in [3.8, 4) is 5.75 Å².